The highest BCUT2D eigenvalue weighted by Gasteiger charge is 2.03. The number of urea groups is 1. The fourth-order valence-electron chi connectivity index (χ4n) is 0.587. The molecule has 0 spiro atoms. The van der Waals surface area contributed by atoms with E-state index in [1.54, 1.807) is 14.1 Å². The molecule has 0 aliphatic heterocycles. The van der Waals surface area contributed by atoms with Gasteiger partial charge in [0.25, 0.3) is 0 Å². The molecule has 0 aromatic heterocycles. The first-order valence-corrected chi connectivity index (χ1v) is 4.28. The number of rotatable bonds is 1. The Kier molecular flexibility index (Phi) is 4.33. The third-order valence-electron chi connectivity index (χ3n) is 1.20. The van der Waals surface area contributed by atoms with E-state index >= 15 is 0 Å². The predicted octanol–water partition coefficient (Wildman–Crippen LogP) is 1.31. The third-order valence-corrected chi connectivity index (χ3v) is 1.20. The van der Waals surface area contributed by atoms with Gasteiger partial charge in [0, 0.05) is 19.5 Å². The molecule has 0 aromatic carbocycles. The molecule has 13 heavy (non-hydrogen) atoms. The fraction of sp³-hybridized carbons (Fsp3) is 0.700. The average Bonchev–Trinajstić information content (AvgIpc) is 1.95. The van der Waals surface area contributed by atoms with Crippen molar-refractivity contribution >= 4 is 6.03 Å². The van der Waals surface area contributed by atoms with Crippen LogP contribution in [0.25, 0.3) is 0 Å². The molecule has 0 heterocycles. The molecule has 1 N–H and O–H groups in total. The summed E-state index contributed by atoms with van der Waals surface area (Å²) in [5, 5.41) is 2.67. The number of hydrogen-bond donors (Lipinski definition) is 1. The summed E-state index contributed by atoms with van der Waals surface area (Å²) < 4.78 is 0. The van der Waals surface area contributed by atoms with E-state index < -0.39 is 0 Å². The first-order chi connectivity index (χ1) is 5.83. The van der Waals surface area contributed by atoms with Crippen molar-refractivity contribution in [2.24, 2.45) is 5.41 Å². The molecule has 0 radical (unpaired) electrons. The largest absolute Gasteiger partial charge is 0.331 e. The van der Waals surface area contributed by atoms with Crippen molar-refractivity contribution in [1.82, 2.24) is 10.2 Å². The van der Waals surface area contributed by atoms with E-state index in [2.05, 4.69) is 17.2 Å². The second kappa shape index (κ2) is 4.76. The number of amides is 2. The molecular weight excluding hydrogens is 164 g/mol. The van der Waals surface area contributed by atoms with Crippen LogP contribution in [0.3, 0.4) is 0 Å². The number of hydrogen-bond acceptors (Lipinski definition) is 1. The van der Waals surface area contributed by atoms with Crippen molar-refractivity contribution in [3.8, 4) is 11.8 Å². The zero-order valence-corrected chi connectivity index (χ0v) is 9.06. The maximum atomic E-state index is 11.0. The van der Waals surface area contributed by atoms with Crippen LogP contribution in [-0.4, -0.2) is 31.6 Å². The summed E-state index contributed by atoms with van der Waals surface area (Å²) in [6.07, 6.45) is 0. The van der Waals surface area contributed by atoms with Crippen LogP contribution < -0.4 is 5.32 Å². The highest BCUT2D eigenvalue weighted by atomic mass is 16.2. The molecule has 0 unspecified atom stereocenters. The standard InChI is InChI=1S/C10H18N2O/c1-10(2,3)7-6-8-11-9(13)12(4)5/h8H2,1-5H3,(H,11,13). The highest BCUT2D eigenvalue weighted by Crippen LogP contribution is 2.09. The number of nitrogens with one attached hydrogen (secondary N) is 1. The SMILES string of the molecule is CN(C)C(=O)NCC#CC(C)(C)C. The van der Waals surface area contributed by atoms with Gasteiger partial charge >= 0.3 is 6.03 Å². The van der Waals surface area contributed by atoms with Crippen LogP contribution in [-0.2, 0) is 0 Å². The Bertz CT molecular complexity index is 228. The van der Waals surface area contributed by atoms with Crippen LogP contribution in [0.4, 0.5) is 4.79 Å². The lowest BCUT2D eigenvalue weighted by Gasteiger charge is -2.10. The topological polar surface area (TPSA) is 32.3 Å². The molecule has 0 rings (SSSR count). The minimum atomic E-state index is -0.108. The summed E-state index contributed by atoms with van der Waals surface area (Å²) in [5.74, 6) is 5.94. The number of carbonyl (C=O) groups is 1. The maximum absolute atomic E-state index is 11.0. The lowest BCUT2D eigenvalue weighted by molar-refractivity contribution is 0.218. The molecule has 74 valence electrons. The Hall–Kier alpha value is -1.17. The van der Waals surface area contributed by atoms with E-state index in [1.807, 2.05) is 20.8 Å². The quantitative estimate of drug-likeness (QED) is 0.609. The molecular formula is C10H18N2O. The van der Waals surface area contributed by atoms with E-state index in [0.29, 0.717) is 6.54 Å². The van der Waals surface area contributed by atoms with Crippen molar-refractivity contribution in [2.45, 2.75) is 20.8 Å². The van der Waals surface area contributed by atoms with Gasteiger partial charge in [-0.25, -0.2) is 4.79 Å². The van der Waals surface area contributed by atoms with Crippen molar-refractivity contribution in [3.05, 3.63) is 0 Å². The molecule has 3 heteroatoms. The first-order valence-electron chi connectivity index (χ1n) is 4.28. The summed E-state index contributed by atoms with van der Waals surface area (Å²) in [6, 6.07) is -0.108. The van der Waals surface area contributed by atoms with Crippen molar-refractivity contribution in [2.75, 3.05) is 20.6 Å². The summed E-state index contributed by atoms with van der Waals surface area (Å²) in [4.78, 5) is 12.5. The fourth-order valence-corrected chi connectivity index (χ4v) is 0.587. The highest BCUT2D eigenvalue weighted by molar-refractivity contribution is 5.73. The Labute approximate surface area is 80.5 Å². The molecule has 0 atom stereocenters. The van der Waals surface area contributed by atoms with Crippen LogP contribution >= 0.6 is 0 Å². The summed E-state index contributed by atoms with van der Waals surface area (Å²) in [6.45, 7) is 6.52. The lowest BCUT2D eigenvalue weighted by atomic mass is 9.98. The second-order valence-electron chi connectivity index (χ2n) is 4.10. The Morgan fingerprint density at radius 1 is 1.38 bits per heavy atom. The second-order valence-corrected chi connectivity index (χ2v) is 4.10. The molecule has 0 saturated carbocycles. The summed E-state index contributed by atoms with van der Waals surface area (Å²) >= 11 is 0. The first kappa shape index (κ1) is 11.8. The Morgan fingerprint density at radius 2 is 1.92 bits per heavy atom. The Morgan fingerprint density at radius 3 is 2.31 bits per heavy atom. The average molecular weight is 182 g/mol. The monoisotopic (exact) mass is 182 g/mol. The maximum Gasteiger partial charge on any atom is 0.317 e. The molecule has 0 saturated heterocycles. The van der Waals surface area contributed by atoms with Gasteiger partial charge in [-0.2, -0.15) is 0 Å². The van der Waals surface area contributed by atoms with Crippen LogP contribution in [0.5, 0.6) is 0 Å². The number of nitrogens with zero attached hydrogens (tertiary/aromatic N) is 1. The predicted molar refractivity (Wildman–Crippen MR) is 54.3 cm³/mol. The van der Waals surface area contributed by atoms with Gasteiger partial charge in [0.15, 0.2) is 0 Å². The van der Waals surface area contributed by atoms with Gasteiger partial charge in [-0.3, -0.25) is 0 Å². The smallest absolute Gasteiger partial charge is 0.317 e. The third kappa shape index (κ3) is 7.20. The van der Waals surface area contributed by atoms with Gasteiger partial charge in [0.1, 0.15) is 0 Å². The van der Waals surface area contributed by atoms with Crippen LogP contribution in [0.2, 0.25) is 0 Å². The van der Waals surface area contributed by atoms with Gasteiger partial charge in [-0.05, 0) is 20.8 Å². The van der Waals surface area contributed by atoms with Gasteiger partial charge in [-0.15, -0.1) is 0 Å². The summed E-state index contributed by atoms with van der Waals surface area (Å²) in [7, 11) is 3.40. The zero-order valence-electron chi connectivity index (χ0n) is 9.06. The molecule has 0 aliphatic rings. The van der Waals surface area contributed by atoms with Gasteiger partial charge in [0.05, 0.1) is 6.54 Å². The van der Waals surface area contributed by atoms with Crippen molar-refractivity contribution in [3.63, 3.8) is 0 Å². The molecule has 0 aromatic rings. The van der Waals surface area contributed by atoms with E-state index in [0.717, 1.165) is 0 Å². The molecule has 0 aliphatic carbocycles. The molecule has 0 bridgehead atoms. The van der Waals surface area contributed by atoms with Crippen molar-refractivity contribution < 1.29 is 4.79 Å². The summed E-state index contributed by atoms with van der Waals surface area (Å²) in [5.41, 5.74) is 0.00282. The molecule has 3 nitrogen and oxygen atoms in total. The molecule has 0 fully saturated rings. The van der Waals surface area contributed by atoms with Crippen LogP contribution in [0.15, 0.2) is 0 Å². The lowest BCUT2D eigenvalue weighted by Crippen LogP contribution is -2.34. The zero-order chi connectivity index (χ0) is 10.5. The van der Waals surface area contributed by atoms with E-state index in [4.69, 9.17) is 0 Å². The van der Waals surface area contributed by atoms with Crippen LogP contribution in [0, 0.1) is 17.3 Å². The van der Waals surface area contributed by atoms with E-state index in [9.17, 15) is 4.79 Å². The van der Waals surface area contributed by atoms with Crippen LogP contribution in [0.1, 0.15) is 20.8 Å². The van der Waals surface area contributed by atoms with E-state index in [1.165, 1.54) is 4.90 Å². The normalized spacial score (nSPS) is 9.92. The van der Waals surface area contributed by atoms with Gasteiger partial charge in [-0.1, -0.05) is 11.8 Å². The van der Waals surface area contributed by atoms with Gasteiger partial charge < -0.3 is 10.2 Å². The minimum absolute atomic E-state index is 0.00282. The van der Waals surface area contributed by atoms with E-state index in [-0.39, 0.29) is 11.4 Å². The van der Waals surface area contributed by atoms with Crippen molar-refractivity contribution in [1.29, 1.82) is 0 Å². The minimum Gasteiger partial charge on any atom is -0.331 e. The van der Waals surface area contributed by atoms with Gasteiger partial charge in [0.2, 0.25) is 0 Å². The Balaban J connectivity index is 3.79. The number of carbonyl (C=O) groups excluding carboxylic acids is 1. The molecule has 2 amide bonds.